The Labute approximate surface area is 63.4 Å². The van der Waals surface area contributed by atoms with Gasteiger partial charge in [0.1, 0.15) is 5.49 Å². The first-order chi connectivity index (χ1) is 5.11. The fourth-order valence-corrected chi connectivity index (χ4v) is 0.729. The predicted octanol–water partition coefficient (Wildman–Crippen LogP) is -1.63. The van der Waals surface area contributed by atoms with E-state index in [0.29, 0.717) is 5.69 Å². The van der Waals surface area contributed by atoms with Gasteiger partial charge in [-0.05, 0) is 12.3 Å². The van der Waals surface area contributed by atoms with E-state index < -0.39 is 7.25 Å². The number of aromatic nitrogens is 1. The van der Waals surface area contributed by atoms with Gasteiger partial charge in [-0.15, -0.1) is 0 Å². The topological polar surface area (TPSA) is 95.3 Å². The fourth-order valence-electron chi connectivity index (χ4n) is 0.729. The van der Waals surface area contributed by atoms with Gasteiger partial charge in [0.05, 0.1) is 0 Å². The monoisotopic (exact) mass is 153 g/mol. The Morgan fingerprint density at radius 2 is 2.18 bits per heavy atom. The van der Waals surface area contributed by atoms with Crippen LogP contribution in [0.3, 0.4) is 0 Å². The average Bonchev–Trinajstić information content (AvgIpc) is 1.85. The van der Waals surface area contributed by atoms with Crippen molar-refractivity contribution in [1.82, 2.24) is 4.48 Å². The summed E-state index contributed by atoms with van der Waals surface area (Å²) in [5, 5.41) is 24.5. The standard InChI is InChI=1S/C5H8BN3O2/c7-4-1-2-9(6(10)11)5(8)3-4/h1-3,8,10-11H,7H2. The summed E-state index contributed by atoms with van der Waals surface area (Å²) >= 11 is 0. The highest BCUT2D eigenvalue weighted by atomic mass is 16.4. The minimum Gasteiger partial charge on any atom is -0.407 e. The Bertz CT molecular complexity index is 309. The minimum absolute atomic E-state index is 0.0417. The molecule has 0 unspecified atom stereocenters. The molecule has 0 spiro atoms. The highest BCUT2D eigenvalue weighted by Crippen LogP contribution is 1.93. The smallest absolute Gasteiger partial charge is 0.407 e. The van der Waals surface area contributed by atoms with E-state index in [1.54, 1.807) is 0 Å². The summed E-state index contributed by atoms with van der Waals surface area (Å²) in [5.41, 5.74) is 5.71. The summed E-state index contributed by atoms with van der Waals surface area (Å²) in [6, 6.07) is 2.82. The molecule has 0 saturated carbocycles. The van der Waals surface area contributed by atoms with Gasteiger partial charge in [0.25, 0.3) is 0 Å². The summed E-state index contributed by atoms with van der Waals surface area (Å²) in [6.45, 7) is 0. The van der Waals surface area contributed by atoms with Crippen LogP contribution in [0.1, 0.15) is 0 Å². The number of nitrogen functional groups attached to an aromatic ring is 1. The van der Waals surface area contributed by atoms with E-state index in [1.165, 1.54) is 18.3 Å². The van der Waals surface area contributed by atoms with Gasteiger partial charge in [-0.3, -0.25) is 5.41 Å². The number of nitrogens with one attached hydrogen (secondary N) is 1. The lowest BCUT2D eigenvalue weighted by molar-refractivity contribution is 0.388. The number of nitrogens with two attached hydrogens (primary N) is 1. The molecule has 0 bridgehead atoms. The molecule has 1 heterocycles. The van der Waals surface area contributed by atoms with Gasteiger partial charge in [0.2, 0.25) is 0 Å². The maximum Gasteiger partial charge on any atom is 0.593 e. The molecule has 0 saturated heterocycles. The lowest BCUT2D eigenvalue weighted by atomic mass is 10.1. The zero-order chi connectivity index (χ0) is 8.43. The molecule has 0 atom stereocenters. The Balaban J connectivity index is 3.21. The van der Waals surface area contributed by atoms with Crippen molar-refractivity contribution in [3.05, 3.63) is 23.8 Å². The first kappa shape index (κ1) is 7.84. The predicted molar refractivity (Wildman–Crippen MR) is 40.3 cm³/mol. The van der Waals surface area contributed by atoms with Gasteiger partial charge in [0, 0.05) is 11.8 Å². The molecule has 0 aliphatic heterocycles. The van der Waals surface area contributed by atoms with Crippen LogP contribution in [0.4, 0.5) is 5.69 Å². The van der Waals surface area contributed by atoms with Crippen molar-refractivity contribution >= 4 is 12.9 Å². The van der Waals surface area contributed by atoms with Crippen LogP contribution in [0.25, 0.3) is 0 Å². The molecular formula is C5H8BN3O2. The average molecular weight is 153 g/mol. The number of hydrogen-bond acceptors (Lipinski definition) is 4. The normalized spacial score (nSPS) is 9.64. The largest absolute Gasteiger partial charge is 0.593 e. The second kappa shape index (κ2) is 2.77. The number of rotatable bonds is 1. The highest BCUT2D eigenvalue weighted by Gasteiger charge is 2.09. The van der Waals surface area contributed by atoms with Crippen LogP contribution in [0.15, 0.2) is 18.3 Å². The summed E-state index contributed by atoms with van der Waals surface area (Å²) in [5.74, 6) is 0. The van der Waals surface area contributed by atoms with Crippen LogP contribution in [0, 0.1) is 5.41 Å². The van der Waals surface area contributed by atoms with E-state index in [4.69, 9.17) is 21.2 Å². The van der Waals surface area contributed by atoms with Crippen molar-refractivity contribution in [2.75, 3.05) is 5.73 Å². The maximum absolute atomic E-state index is 8.65. The zero-order valence-electron chi connectivity index (χ0n) is 5.73. The van der Waals surface area contributed by atoms with Crippen molar-refractivity contribution in [1.29, 1.82) is 5.41 Å². The van der Waals surface area contributed by atoms with E-state index in [-0.39, 0.29) is 5.49 Å². The van der Waals surface area contributed by atoms with Gasteiger partial charge in [-0.1, -0.05) is 0 Å². The molecule has 11 heavy (non-hydrogen) atoms. The first-order valence-electron chi connectivity index (χ1n) is 2.99. The second-order valence-corrected chi connectivity index (χ2v) is 2.10. The van der Waals surface area contributed by atoms with Crippen LogP contribution < -0.4 is 11.2 Å². The van der Waals surface area contributed by atoms with E-state index in [0.717, 1.165) is 4.48 Å². The Hall–Kier alpha value is -1.27. The summed E-state index contributed by atoms with van der Waals surface area (Å²) in [6.07, 6.45) is 1.34. The van der Waals surface area contributed by atoms with Crippen molar-refractivity contribution in [3.8, 4) is 0 Å². The van der Waals surface area contributed by atoms with Crippen LogP contribution in [-0.2, 0) is 0 Å². The van der Waals surface area contributed by atoms with Gasteiger partial charge in [-0.25, -0.2) is 0 Å². The zero-order valence-corrected chi connectivity index (χ0v) is 5.73. The number of nitrogens with zero attached hydrogens (tertiary/aromatic N) is 1. The van der Waals surface area contributed by atoms with Crippen LogP contribution in [-0.4, -0.2) is 21.8 Å². The Kier molecular flexibility index (Phi) is 1.97. The molecule has 1 rings (SSSR count). The molecular weight excluding hydrogens is 145 g/mol. The van der Waals surface area contributed by atoms with Crippen molar-refractivity contribution in [2.24, 2.45) is 0 Å². The number of hydrogen-bond donors (Lipinski definition) is 4. The summed E-state index contributed by atoms with van der Waals surface area (Å²) in [4.78, 5) is 0. The van der Waals surface area contributed by atoms with Crippen molar-refractivity contribution in [2.45, 2.75) is 0 Å². The molecule has 1 aromatic rings. The molecule has 0 amide bonds. The third-order valence-electron chi connectivity index (χ3n) is 1.26. The van der Waals surface area contributed by atoms with E-state index in [9.17, 15) is 0 Å². The molecule has 0 aliphatic carbocycles. The van der Waals surface area contributed by atoms with E-state index >= 15 is 0 Å². The van der Waals surface area contributed by atoms with Gasteiger partial charge in [-0.2, -0.15) is 0 Å². The second-order valence-electron chi connectivity index (χ2n) is 2.10. The van der Waals surface area contributed by atoms with Gasteiger partial charge in [0.15, 0.2) is 0 Å². The minimum atomic E-state index is -1.68. The third kappa shape index (κ3) is 1.60. The fraction of sp³-hybridized carbons (Fsp3) is 0. The lowest BCUT2D eigenvalue weighted by Crippen LogP contribution is -2.34. The molecule has 0 radical (unpaired) electrons. The van der Waals surface area contributed by atoms with E-state index in [2.05, 4.69) is 0 Å². The summed E-state index contributed by atoms with van der Waals surface area (Å²) < 4.78 is 0.969. The first-order valence-corrected chi connectivity index (χ1v) is 2.99. The lowest BCUT2D eigenvalue weighted by Gasteiger charge is -2.03. The highest BCUT2D eigenvalue weighted by molar-refractivity contribution is 6.38. The number of pyridine rings is 1. The maximum atomic E-state index is 8.65. The van der Waals surface area contributed by atoms with E-state index in [1.807, 2.05) is 0 Å². The molecule has 5 nitrogen and oxygen atoms in total. The summed E-state index contributed by atoms with van der Waals surface area (Å²) in [7, 11) is -1.68. The van der Waals surface area contributed by atoms with Crippen molar-refractivity contribution in [3.63, 3.8) is 0 Å². The molecule has 0 aromatic carbocycles. The van der Waals surface area contributed by atoms with Crippen LogP contribution >= 0.6 is 0 Å². The molecule has 0 fully saturated rings. The molecule has 1 aromatic heterocycles. The van der Waals surface area contributed by atoms with Gasteiger partial charge >= 0.3 is 7.25 Å². The van der Waals surface area contributed by atoms with Gasteiger partial charge < -0.3 is 20.3 Å². The quantitative estimate of drug-likeness (QED) is 0.364. The Morgan fingerprint density at radius 1 is 1.55 bits per heavy atom. The molecule has 0 aliphatic rings. The molecule has 5 N–H and O–H groups in total. The SMILES string of the molecule is N=c1cc(N)ccn1B(O)O. The van der Waals surface area contributed by atoms with Crippen molar-refractivity contribution < 1.29 is 10.0 Å². The van der Waals surface area contributed by atoms with Crippen LogP contribution in [0.2, 0.25) is 0 Å². The Morgan fingerprint density at radius 3 is 2.64 bits per heavy atom. The molecule has 6 heteroatoms. The third-order valence-corrected chi connectivity index (χ3v) is 1.26. The molecule has 58 valence electrons. The number of anilines is 1. The van der Waals surface area contributed by atoms with Crippen LogP contribution in [0.5, 0.6) is 0 Å².